The van der Waals surface area contributed by atoms with E-state index in [1.807, 2.05) is 38.1 Å². The number of aliphatic hydroxyl groups is 2. The highest BCUT2D eigenvalue weighted by atomic mass is 16.3. The van der Waals surface area contributed by atoms with Gasteiger partial charge in [0.1, 0.15) is 11.3 Å². The lowest BCUT2D eigenvalue weighted by Gasteiger charge is -2.29. The van der Waals surface area contributed by atoms with Gasteiger partial charge in [0.15, 0.2) is 0 Å². The molecule has 0 unspecified atom stereocenters. The number of hydrogen-bond donors (Lipinski definition) is 3. The van der Waals surface area contributed by atoms with Crippen molar-refractivity contribution < 1.29 is 14.6 Å². The second-order valence-corrected chi connectivity index (χ2v) is 4.94. The van der Waals surface area contributed by atoms with Gasteiger partial charge in [-0.25, -0.2) is 0 Å². The molecule has 0 amide bonds. The van der Waals surface area contributed by atoms with Gasteiger partial charge in [-0.1, -0.05) is 25.1 Å². The van der Waals surface area contributed by atoms with Crippen LogP contribution in [-0.2, 0) is 6.54 Å². The van der Waals surface area contributed by atoms with Crippen LogP contribution in [0.1, 0.15) is 24.7 Å². The maximum atomic E-state index is 9.44. The third kappa shape index (κ3) is 2.66. The standard InChI is InChI=1S/C15H21NO3/c1-3-15(9-17,10-18)16-8-13-11(2)19-14-7-5-4-6-12(13)14/h4-7,16-18H,3,8-10H2,1-2H3. The minimum atomic E-state index is -0.634. The topological polar surface area (TPSA) is 65.6 Å². The summed E-state index contributed by atoms with van der Waals surface area (Å²) in [4.78, 5) is 0. The van der Waals surface area contributed by atoms with Crippen molar-refractivity contribution in [2.75, 3.05) is 13.2 Å². The quantitative estimate of drug-likeness (QED) is 0.745. The predicted octanol–water partition coefficient (Wildman–Crippen LogP) is 1.96. The lowest BCUT2D eigenvalue weighted by molar-refractivity contribution is 0.0864. The molecule has 0 radical (unpaired) electrons. The minimum Gasteiger partial charge on any atom is -0.461 e. The number of para-hydroxylation sites is 1. The molecule has 4 nitrogen and oxygen atoms in total. The molecule has 1 aromatic heterocycles. The van der Waals surface area contributed by atoms with Crippen molar-refractivity contribution >= 4 is 11.0 Å². The molecular formula is C15H21NO3. The molecule has 0 aliphatic heterocycles. The van der Waals surface area contributed by atoms with E-state index >= 15 is 0 Å². The summed E-state index contributed by atoms with van der Waals surface area (Å²) >= 11 is 0. The Bertz CT molecular complexity index is 535. The van der Waals surface area contributed by atoms with Gasteiger partial charge in [0.05, 0.1) is 18.8 Å². The molecule has 4 heteroatoms. The van der Waals surface area contributed by atoms with Gasteiger partial charge in [-0.05, 0) is 19.4 Å². The van der Waals surface area contributed by atoms with Crippen LogP contribution in [0.15, 0.2) is 28.7 Å². The van der Waals surface area contributed by atoms with Crippen molar-refractivity contribution in [3.63, 3.8) is 0 Å². The molecule has 0 aliphatic carbocycles. The molecule has 0 spiro atoms. The summed E-state index contributed by atoms with van der Waals surface area (Å²) in [6, 6.07) is 7.89. The third-order valence-corrected chi connectivity index (χ3v) is 3.82. The third-order valence-electron chi connectivity index (χ3n) is 3.82. The number of fused-ring (bicyclic) bond motifs is 1. The van der Waals surface area contributed by atoms with Crippen LogP contribution < -0.4 is 5.32 Å². The second kappa shape index (κ2) is 5.74. The number of benzene rings is 1. The van der Waals surface area contributed by atoms with Crippen LogP contribution in [0.5, 0.6) is 0 Å². The Balaban J connectivity index is 2.24. The maximum Gasteiger partial charge on any atom is 0.134 e. The molecule has 0 saturated carbocycles. The molecule has 0 aliphatic rings. The van der Waals surface area contributed by atoms with E-state index in [9.17, 15) is 10.2 Å². The molecule has 0 saturated heterocycles. The monoisotopic (exact) mass is 263 g/mol. The van der Waals surface area contributed by atoms with Crippen molar-refractivity contribution in [3.8, 4) is 0 Å². The van der Waals surface area contributed by atoms with Gasteiger partial charge in [-0.15, -0.1) is 0 Å². The van der Waals surface area contributed by atoms with Gasteiger partial charge < -0.3 is 19.9 Å². The van der Waals surface area contributed by atoms with Crippen LogP contribution in [0.3, 0.4) is 0 Å². The maximum absolute atomic E-state index is 9.44. The van der Waals surface area contributed by atoms with Gasteiger partial charge in [0.2, 0.25) is 0 Å². The average Bonchev–Trinajstić information content (AvgIpc) is 2.77. The first-order chi connectivity index (χ1) is 9.15. The first-order valence-electron chi connectivity index (χ1n) is 6.59. The summed E-state index contributed by atoms with van der Waals surface area (Å²) in [7, 11) is 0. The van der Waals surface area contributed by atoms with Crippen LogP contribution in [0.2, 0.25) is 0 Å². The van der Waals surface area contributed by atoms with E-state index in [4.69, 9.17) is 4.42 Å². The number of nitrogens with one attached hydrogen (secondary N) is 1. The zero-order valence-corrected chi connectivity index (χ0v) is 11.4. The normalized spacial score (nSPS) is 12.2. The number of rotatable bonds is 6. The summed E-state index contributed by atoms with van der Waals surface area (Å²) in [6.45, 7) is 4.27. The number of furan rings is 1. The first-order valence-corrected chi connectivity index (χ1v) is 6.59. The van der Waals surface area contributed by atoms with Crippen molar-refractivity contribution in [2.24, 2.45) is 0 Å². The minimum absolute atomic E-state index is 0.0885. The van der Waals surface area contributed by atoms with Crippen molar-refractivity contribution in [1.82, 2.24) is 5.32 Å². The van der Waals surface area contributed by atoms with E-state index in [0.717, 1.165) is 22.3 Å². The van der Waals surface area contributed by atoms with Gasteiger partial charge >= 0.3 is 0 Å². The number of hydrogen-bond acceptors (Lipinski definition) is 4. The zero-order valence-electron chi connectivity index (χ0n) is 11.4. The van der Waals surface area contributed by atoms with Gasteiger partial charge in [0.25, 0.3) is 0 Å². The average molecular weight is 263 g/mol. The van der Waals surface area contributed by atoms with Crippen LogP contribution in [-0.4, -0.2) is 29.0 Å². The van der Waals surface area contributed by atoms with Gasteiger partial charge in [0, 0.05) is 17.5 Å². The first kappa shape index (κ1) is 14.1. The SMILES string of the molecule is CCC(CO)(CO)NCc1c(C)oc2ccccc12. The number of aliphatic hydroxyl groups excluding tert-OH is 2. The molecule has 2 rings (SSSR count). The lowest BCUT2D eigenvalue weighted by Crippen LogP contribution is -2.50. The highest BCUT2D eigenvalue weighted by Crippen LogP contribution is 2.25. The Labute approximate surface area is 113 Å². The molecule has 104 valence electrons. The van der Waals surface area contributed by atoms with Gasteiger partial charge in [-0.2, -0.15) is 0 Å². The second-order valence-electron chi connectivity index (χ2n) is 4.94. The molecule has 19 heavy (non-hydrogen) atoms. The van der Waals surface area contributed by atoms with Crippen LogP contribution in [0.25, 0.3) is 11.0 Å². The fourth-order valence-corrected chi connectivity index (χ4v) is 2.23. The fourth-order valence-electron chi connectivity index (χ4n) is 2.23. The highest BCUT2D eigenvalue weighted by Gasteiger charge is 2.26. The smallest absolute Gasteiger partial charge is 0.134 e. The van der Waals surface area contributed by atoms with Crippen LogP contribution in [0.4, 0.5) is 0 Å². The molecule has 3 N–H and O–H groups in total. The molecule has 0 bridgehead atoms. The van der Waals surface area contributed by atoms with Gasteiger partial charge in [-0.3, -0.25) is 0 Å². The van der Waals surface area contributed by atoms with E-state index in [-0.39, 0.29) is 13.2 Å². The van der Waals surface area contributed by atoms with E-state index in [1.54, 1.807) is 0 Å². The Kier molecular flexibility index (Phi) is 4.24. The summed E-state index contributed by atoms with van der Waals surface area (Å²) in [6.07, 6.45) is 0.662. The Morgan fingerprint density at radius 2 is 1.89 bits per heavy atom. The van der Waals surface area contributed by atoms with E-state index in [2.05, 4.69) is 5.32 Å². The van der Waals surface area contributed by atoms with Crippen LogP contribution in [0, 0.1) is 6.92 Å². The van der Waals surface area contributed by atoms with E-state index in [1.165, 1.54) is 0 Å². The molecule has 0 atom stereocenters. The summed E-state index contributed by atoms with van der Waals surface area (Å²) in [5, 5.41) is 23.2. The number of aryl methyl sites for hydroxylation is 1. The molecule has 1 heterocycles. The Morgan fingerprint density at radius 3 is 2.53 bits per heavy atom. The van der Waals surface area contributed by atoms with E-state index < -0.39 is 5.54 Å². The molecule has 0 fully saturated rings. The summed E-state index contributed by atoms with van der Waals surface area (Å²) in [5.74, 6) is 0.870. The summed E-state index contributed by atoms with van der Waals surface area (Å²) < 4.78 is 5.70. The zero-order chi connectivity index (χ0) is 13.9. The largest absolute Gasteiger partial charge is 0.461 e. The molecular weight excluding hydrogens is 242 g/mol. The Hall–Kier alpha value is -1.36. The lowest BCUT2D eigenvalue weighted by atomic mass is 9.97. The molecule has 1 aromatic carbocycles. The summed E-state index contributed by atoms with van der Waals surface area (Å²) in [5.41, 5.74) is 1.31. The fraction of sp³-hybridized carbons (Fsp3) is 0.467. The highest BCUT2D eigenvalue weighted by molar-refractivity contribution is 5.82. The molecule has 2 aromatic rings. The Morgan fingerprint density at radius 1 is 1.21 bits per heavy atom. The van der Waals surface area contributed by atoms with E-state index in [0.29, 0.717) is 13.0 Å². The van der Waals surface area contributed by atoms with Crippen molar-refractivity contribution in [1.29, 1.82) is 0 Å². The van der Waals surface area contributed by atoms with Crippen molar-refractivity contribution in [2.45, 2.75) is 32.4 Å². The van der Waals surface area contributed by atoms with Crippen LogP contribution >= 0.6 is 0 Å². The predicted molar refractivity (Wildman–Crippen MR) is 75.0 cm³/mol. The van der Waals surface area contributed by atoms with Crippen molar-refractivity contribution in [3.05, 3.63) is 35.6 Å².